The fourth-order valence-corrected chi connectivity index (χ4v) is 6.31. The minimum Gasteiger partial charge on any atom is -0.352 e. The van der Waals surface area contributed by atoms with Crippen LogP contribution in [0.15, 0.2) is 30.3 Å². The third-order valence-corrected chi connectivity index (χ3v) is 8.19. The highest BCUT2D eigenvalue weighted by Gasteiger charge is 2.31. The van der Waals surface area contributed by atoms with E-state index in [1.165, 1.54) is 56.6 Å². The highest BCUT2D eigenvalue weighted by molar-refractivity contribution is 7.99. The molecule has 3 saturated heterocycles. The van der Waals surface area contributed by atoms with Gasteiger partial charge in [0.05, 0.1) is 0 Å². The Labute approximate surface area is 180 Å². The van der Waals surface area contributed by atoms with Crippen molar-refractivity contribution in [3.8, 4) is 0 Å². The fraction of sp³-hybridized carbons (Fsp3) is 0.708. The number of thioether (sulfide) groups is 1. The number of amides is 1. The molecule has 1 amide bonds. The van der Waals surface area contributed by atoms with E-state index in [9.17, 15) is 4.79 Å². The second kappa shape index (κ2) is 10.8. The van der Waals surface area contributed by atoms with E-state index in [-0.39, 0.29) is 5.92 Å². The molecule has 0 bridgehead atoms. The quantitative estimate of drug-likeness (QED) is 0.740. The highest BCUT2D eigenvalue weighted by Crippen LogP contribution is 2.25. The Morgan fingerprint density at radius 3 is 2.45 bits per heavy atom. The molecule has 4 rings (SSSR count). The van der Waals surface area contributed by atoms with Gasteiger partial charge in [-0.15, -0.1) is 0 Å². The van der Waals surface area contributed by atoms with Crippen molar-refractivity contribution in [3.63, 3.8) is 0 Å². The number of carbonyl (C=O) groups is 1. The van der Waals surface area contributed by atoms with E-state index in [2.05, 4.69) is 45.4 Å². The molecule has 0 saturated carbocycles. The lowest BCUT2D eigenvalue weighted by atomic mass is 9.92. The first-order valence-corrected chi connectivity index (χ1v) is 12.8. The lowest BCUT2D eigenvalue weighted by Gasteiger charge is -2.41. The monoisotopic (exact) mass is 415 g/mol. The molecule has 0 spiro atoms. The summed E-state index contributed by atoms with van der Waals surface area (Å²) in [5.41, 5.74) is 1.46. The molecule has 0 unspecified atom stereocenters. The Morgan fingerprint density at radius 2 is 1.76 bits per heavy atom. The molecule has 1 N–H and O–H groups in total. The molecule has 0 aliphatic carbocycles. The Kier molecular flexibility index (Phi) is 7.92. The van der Waals surface area contributed by atoms with E-state index in [0.29, 0.717) is 11.9 Å². The molecule has 3 aliphatic rings. The summed E-state index contributed by atoms with van der Waals surface area (Å²) in [6.07, 6.45) is 8.28. The largest absolute Gasteiger partial charge is 0.352 e. The van der Waals surface area contributed by atoms with Gasteiger partial charge in [-0.1, -0.05) is 30.3 Å². The van der Waals surface area contributed by atoms with Crippen molar-refractivity contribution in [1.82, 2.24) is 15.1 Å². The third kappa shape index (κ3) is 6.22. The molecule has 5 heteroatoms. The van der Waals surface area contributed by atoms with Crippen LogP contribution in [0.3, 0.4) is 0 Å². The summed E-state index contributed by atoms with van der Waals surface area (Å²) in [5, 5.41) is 3.30. The van der Waals surface area contributed by atoms with Crippen LogP contribution >= 0.6 is 11.8 Å². The van der Waals surface area contributed by atoms with Crippen LogP contribution in [0.2, 0.25) is 0 Å². The number of benzene rings is 1. The van der Waals surface area contributed by atoms with Gasteiger partial charge in [0.15, 0.2) is 0 Å². The molecule has 160 valence electrons. The number of rotatable bonds is 7. The number of hydrogen-bond donors (Lipinski definition) is 1. The zero-order valence-electron chi connectivity index (χ0n) is 17.7. The first kappa shape index (κ1) is 21.2. The van der Waals surface area contributed by atoms with Crippen LogP contribution in [0.4, 0.5) is 0 Å². The van der Waals surface area contributed by atoms with Crippen LogP contribution in [-0.2, 0) is 11.2 Å². The maximum Gasteiger partial charge on any atom is 0.223 e. The van der Waals surface area contributed by atoms with E-state index >= 15 is 0 Å². The van der Waals surface area contributed by atoms with Crippen molar-refractivity contribution >= 4 is 17.7 Å². The number of likely N-dealkylation sites (tertiary alicyclic amines) is 2. The first-order valence-electron chi connectivity index (χ1n) is 11.7. The fourth-order valence-electron chi connectivity index (χ4n) is 5.15. The lowest BCUT2D eigenvalue weighted by molar-refractivity contribution is -0.127. The molecule has 3 heterocycles. The van der Waals surface area contributed by atoms with Crippen LogP contribution in [0, 0.1) is 5.92 Å². The average molecular weight is 416 g/mol. The standard InChI is InChI=1S/C24H37N3OS/c28-24(25-22-12-18-29-19-22)21-8-16-27(17-9-21)23-10-14-26(15-11-23)13-4-7-20-5-2-1-3-6-20/h1-3,5-6,21-23H,4,7-19H2,(H,25,28)/t22-/m1/s1. The van der Waals surface area contributed by atoms with Gasteiger partial charge < -0.3 is 15.1 Å². The minimum absolute atomic E-state index is 0.245. The predicted molar refractivity (Wildman–Crippen MR) is 122 cm³/mol. The van der Waals surface area contributed by atoms with Gasteiger partial charge in [0, 0.05) is 23.8 Å². The molecule has 0 radical (unpaired) electrons. The first-order chi connectivity index (χ1) is 14.3. The number of hydrogen-bond acceptors (Lipinski definition) is 4. The van der Waals surface area contributed by atoms with E-state index in [0.717, 1.165) is 44.1 Å². The molecule has 1 aromatic carbocycles. The van der Waals surface area contributed by atoms with Crippen LogP contribution in [0.25, 0.3) is 0 Å². The lowest BCUT2D eigenvalue weighted by Crippen LogP contribution is -2.50. The molecule has 3 aliphatic heterocycles. The smallest absolute Gasteiger partial charge is 0.223 e. The Balaban J connectivity index is 1.11. The highest BCUT2D eigenvalue weighted by atomic mass is 32.2. The summed E-state index contributed by atoms with van der Waals surface area (Å²) in [7, 11) is 0. The van der Waals surface area contributed by atoms with E-state index in [4.69, 9.17) is 0 Å². The van der Waals surface area contributed by atoms with E-state index in [1.54, 1.807) is 0 Å². The maximum absolute atomic E-state index is 12.5. The summed E-state index contributed by atoms with van der Waals surface area (Å²) < 4.78 is 0. The summed E-state index contributed by atoms with van der Waals surface area (Å²) in [6.45, 7) is 5.91. The van der Waals surface area contributed by atoms with E-state index < -0.39 is 0 Å². The second-order valence-electron chi connectivity index (χ2n) is 9.04. The van der Waals surface area contributed by atoms with E-state index in [1.807, 2.05) is 11.8 Å². The van der Waals surface area contributed by atoms with Gasteiger partial charge in [0.2, 0.25) is 5.91 Å². The number of aryl methyl sites for hydroxylation is 1. The van der Waals surface area contributed by atoms with Crippen molar-refractivity contribution in [2.45, 2.75) is 57.0 Å². The number of nitrogens with zero attached hydrogens (tertiary/aromatic N) is 2. The number of piperidine rings is 2. The molecular weight excluding hydrogens is 378 g/mol. The summed E-state index contributed by atoms with van der Waals surface area (Å²) in [6, 6.07) is 12.0. The molecule has 4 nitrogen and oxygen atoms in total. The Bertz CT molecular complexity index is 618. The minimum atomic E-state index is 0.245. The molecule has 3 fully saturated rings. The van der Waals surface area contributed by atoms with Crippen molar-refractivity contribution < 1.29 is 4.79 Å². The second-order valence-corrected chi connectivity index (χ2v) is 10.2. The molecule has 1 atom stereocenters. The van der Waals surface area contributed by atoms with Gasteiger partial charge in [0.25, 0.3) is 0 Å². The van der Waals surface area contributed by atoms with Gasteiger partial charge in [-0.25, -0.2) is 0 Å². The van der Waals surface area contributed by atoms with Crippen molar-refractivity contribution in [1.29, 1.82) is 0 Å². The Hall–Kier alpha value is -1.04. The van der Waals surface area contributed by atoms with Crippen molar-refractivity contribution in [2.24, 2.45) is 5.92 Å². The molecule has 1 aromatic rings. The van der Waals surface area contributed by atoms with Crippen LogP contribution in [0.1, 0.15) is 44.1 Å². The number of carbonyl (C=O) groups excluding carboxylic acids is 1. The van der Waals surface area contributed by atoms with Crippen LogP contribution in [0.5, 0.6) is 0 Å². The maximum atomic E-state index is 12.5. The van der Waals surface area contributed by atoms with Gasteiger partial charge in [-0.3, -0.25) is 4.79 Å². The van der Waals surface area contributed by atoms with Crippen LogP contribution < -0.4 is 5.32 Å². The van der Waals surface area contributed by atoms with Crippen molar-refractivity contribution in [2.75, 3.05) is 44.2 Å². The average Bonchev–Trinajstić information content (AvgIpc) is 3.28. The molecule has 29 heavy (non-hydrogen) atoms. The topological polar surface area (TPSA) is 35.6 Å². The predicted octanol–water partition coefficient (Wildman–Crippen LogP) is 3.42. The van der Waals surface area contributed by atoms with Crippen LogP contribution in [-0.4, -0.2) is 72.0 Å². The van der Waals surface area contributed by atoms with Gasteiger partial charge >= 0.3 is 0 Å². The zero-order chi connectivity index (χ0) is 19.9. The normalized spacial score (nSPS) is 25.3. The van der Waals surface area contributed by atoms with Gasteiger partial charge in [0.1, 0.15) is 0 Å². The molecule has 0 aromatic heterocycles. The Morgan fingerprint density at radius 1 is 1.00 bits per heavy atom. The zero-order valence-corrected chi connectivity index (χ0v) is 18.5. The van der Waals surface area contributed by atoms with Gasteiger partial charge in [-0.2, -0.15) is 11.8 Å². The van der Waals surface area contributed by atoms with Crippen molar-refractivity contribution in [3.05, 3.63) is 35.9 Å². The number of nitrogens with one attached hydrogen (secondary N) is 1. The summed E-state index contributed by atoms with van der Waals surface area (Å²) in [4.78, 5) is 17.9. The SMILES string of the molecule is O=C(N[C@@H]1CCSC1)C1CCN(C2CCN(CCCc3ccccc3)CC2)CC1. The summed E-state index contributed by atoms with van der Waals surface area (Å²) in [5.74, 6) is 2.88. The molecular formula is C24H37N3OS. The summed E-state index contributed by atoms with van der Waals surface area (Å²) >= 11 is 1.97. The third-order valence-electron chi connectivity index (χ3n) is 7.03. The van der Waals surface area contributed by atoms with Gasteiger partial charge in [-0.05, 0) is 89.0 Å².